The molecular weight excluding hydrogens is 188 g/mol. The molecule has 2 heteroatoms. The molecule has 1 aromatic carbocycles. The zero-order valence-electron chi connectivity index (χ0n) is 6.74. The van der Waals surface area contributed by atoms with Gasteiger partial charge in [-0.2, -0.15) is 0 Å². The van der Waals surface area contributed by atoms with E-state index in [1.807, 2.05) is 18.2 Å². The van der Waals surface area contributed by atoms with Gasteiger partial charge in [-0.3, -0.25) is 0 Å². The molecule has 0 aliphatic heterocycles. The predicted molar refractivity (Wildman–Crippen MR) is 56.8 cm³/mol. The zero-order valence-corrected chi connectivity index (χ0v) is 8.31. The molecular formula is C10H11ClS. The summed E-state index contributed by atoms with van der Waals surface area (Å²) >= 11 is 7.24. The maximum Gasteiger partial charge on any atom is 0.0258 e. The molecule has 64 valence electrons. The molecule has 0 amide bonds. The number of alkyl halides is 1. The standard InChI is InChI=1S/C10H11ClS/c11-8-4-5-9-12-10-6-2-1-3-7-10/h1-3,5-7,9H,4,8H2/b9-5+. The minimum atomic E-state index is 0.700. The van der Waals surface area contributed by atoms with Gasteiger partial charge in [0, 0.05) is 10.8 Å². The molecule has 0 aromatic heterocycles. The fourth-order valence-corrected chi connectivity index (χ4v) is 1.59. The molecule has 0 N–H and O–H groups in total. The second kappa shape index (κ2) is 6.15. The summed E-state index contributed by atoms with van der Waals surface area (Å²) in [6.45, 7) is 0. The van der Waals surface area contributed by atoms with Crippen LogP contribution in [-0.2, 0) is 0 Å². The topological polar surface area (TPSA) is 0 Å². The van der Waals surface area contributed by atoms with Crippen molar-refractivity contribution < 1.29 is 0 Å². The van der Waals surface area contributed by atoms with Crippen LogP contribution in [0.15, 0.2) is 46.7 Å². The first-order valence-electron chi connectivity index (χ1n) is 3.86. The summed E-state index contributed by atoms with van der Waals surface area (Å²) in [5, 5.41) is 2.08. The van der Waals surface area contributed by atoms with Crippen LogP contribution in [0.4, 0.5) is 0 Å². The molecule has 0 unspecified atom stereocenters. The molecule has 0 atom stereocenters. The first kappa shape index (κ1) is 9.69. The number of hydrogen-bond acceptors (Lipinski definition) is 1. The summed E-state index contributed by atoms with van der Waals surface area (Å²) in [7, 11) is 0. The highest BCUT2D eigenvalue weighted by molar-refractivity contribution is 8.02. The Morgan fingerprint density at radius 3 is 2.67 bits per heavy atom. The average Bonchev–Trinajstić information content (AvgIpc) is 2.14. The zero-order chi connectivity index (χ0) is 8.65. The van der Waals surface area contributed by atoms with Crippen LogP contribution in [-0.4, -0.2) is 5.88 Å². The average molecular weight is 199 g/mol. The Morgan fingerprint density at radius 2 is 2.00 bits per heavy atom. The van der Waals surface area contributed by atoms with E-state index in [2.05, 4.69) is 23.6 Å². The first-order valence-corrected chi connectivity index (χ1v) is 5.27. The maximum absolute atomic E-state index is 5.52. The molecule has 0 aliphatic rings. The van der Waals surface area contributed by atoms with Gasteiger partial charge in [-0.1, -0.05) is 36.0 Å². The number of hydrogen-bond donors (Lipinski definition) is 0. The van der Waals surface area contributed by atoms with Crippen molar-refractivity contribution >= 4 is 23.4 Å². The largest absolute Gasteiger partial charge is 0.126 e. The normalized spacial score (nSPS) is 10.8. The molecule has 0 spiro atoms. The van der Waals surface area contributed by atoms with Gasteiger partial charge in [0.15, 0.2) is 0 Å². The van der Waals surface area contributed by atoms with Gasteiger partial charge < -0.3 is 0 Å². The second-order valence-corrected chi connectivity index (χ2v) is 3.64. The molecule has 0 bridgehead atoms. The highest BCUT2D eigenvalue weighted by atomic mass is 35.5. The van der Waals surface area contributed by atoms with Gasteiger partial charge in [-0.05, 0) is 24.0 Å². The van der Waals surface area contributed by atoms with Crippen LogP contribution in [0, 0.1) is 0 Å². The molecule has 0 aliphatic carbocycles. The molecule has 0 fully saturated rings. The van der Waals surface area contributed by atoms with Crippen LogP contribution < -0.4 is 0 Å². The Balaban J connectivity index is 2.33. The lowest BCUT2D eigenvalue weighted by Crippen LogP contribution is -1.66. The third-order valence-corrected chi connectivity index (χ3v) is 2.41. The van der Waals surface area contributed by atoms with E-state index >= 15 is 0 Å². The minimum Gasteiger partial charge on any atom is -0.126 e. The van der Waals surface area contributed by atoms with Gasteiger partial charge in [0.25, 0.3) is 0 Å². The van der Waals surface area contributed by atoms with E-state index in [1.54, 1.807) is 11.8 Å². The van der Waals surface area contributed by atoms with E-state index in [4.69, 9.17) is 11.6 Å². The van der Waals surface area contributed by atoms with Crippen molar-refractivity contribution in [3.63, 3.8) is 0 Å². The highest BCUT2D eigenvalue weighted by Crippen LogP contribution is 2.17. The summed E-state index contributed by atoms with van der Waals surface area (Å²) in [5.74, 6) is 0.700. The van der Waals surface area contributed by atoms with Crippen molar-refractivity contribution in [3.05, 3.63) is 41.8 Å². The Bertz CT molecular complexity index is 231. The number of thioether (sulfide) groups is 1. The summed E-state index contributed by atoms with van der Waals surface area (Å²) in [5.41, 5.74) is 0. The summed E-state index contributed by atoms with van der Waals surface area (Å²) in [6, 6.07) is 10.3. The first-order chi connectivity index (χ1) is 5.93. The van der Waals surface area contributed by atoms with Crippen molar-refractivity contribution in [2.75, 3.05) is 5.88 Å². The molecule has 0 heterocycles. The van der Waals surface area contributed by atoms with Crippen LogP contribution in [0.5, 0.6) is 0 Å². The molecule has 1 aromatic rings. The van der Waals surface area contributed by atoms with Gasteiger partial charge in [0.1, 0.15) is 0 Å². The monoisotopic (exact) mass is 198 g/mol. The van der Waals surface area contributed by atoms with Crippen molar-refractivity contribution in [3.8, 4) is 0 Å². The van der Waals surface area contributed by atoms with E-state index in [0.29, 0.717) is 5.88 Å². The fourth-order valence-electron chi connectivity index (χ4n) is 0.757. The van der Waals surface area contributed by atoms with Crippen LogP contribution >= 0.6 is 23.4 Å². The fraction of sp³-hybridized carbons (Fsp3) is 0.200. The minimum absolute atomic E-state index is 0.700. The predicted octanol–water partition coefficient (Wildman–Crippen LogP) is 3.92. The third kappa shape index (κ3) is 3.84. The Labute approximate surface area is 82.6 Å². The molecule has 0 radical (unpaired) electrons. The quantitative estimate of drug-likeness (QED) is 0.522. The summed E-state index contributed by atoms with van der Waals surface area (Å²) < 4.78 is 0. The number of allylic oxidation sites excluding steroid dienone is 1. The highest BCUT2D eigenvalue weighted by Gasteiger charge is 1.85. The molecule has 1 rings (SSSR count). The lowest BCUT2D eigenvalue weighted by Gasteiger charge is -1.92. The Morgan fingerprint density at radius 1 is 1.25 bits per heavy atom. The van der Waals surface area contributed by atoms with Crippen molar-refractivity contribution in [2.24, 2.45) is 0 Å². The maximum atomic E-state index is 5.52. The Kier molecular flexibility index (Phi) is 4.97. The van der Waals surface area contributed by atoms with Gasteiger partial charge >= 0.3 is 0 Å². The van der Waals surface area contributed by atoms with Gasteiger partial charge in [-0.25, -0.2) is 0 Å². The van der Waals surface area contributed by atoms with E-state index in [9.17, 15) is 0 Å². The lowest BCUT2D eigenvalue weighted by atomic mass is 10.4. The molecule has 0 saturated heterocycles. The second-order valence-electron chi connectivity index (χ2n) is 2.28. The smallest absolute Gasteiger partial charge is 0.0258 e. The number of halogens is 1. The van der Waals surface area contributed by atoms with Crippen LogP contribution in [0.3, 0.4) is 0 Å². The van der Waals surface area contributed by atoms with Crippen LogP contribution in [0.1, 0.15) is 6.42 Å². The van der Waals surface area contributed by atoms with E-state index in [0.717, 1.165) is 6.42 Å². The van der Waals surface area contributed by atoms with Gasteiger partial charge in [0.05, 0.1) is 0 Å². The van der Waals surface area contributed by atoms with Crippen LogP contribution in [0.25, 0.3) is 0 Å². The van der Waals surface area contributed by atoms with Gasteiger partial charge in [0.2, 0.25) is 0 Å². The number of rotatable bonds is 4. The van der Waals surface area contributed by atoms with E-state index in [1.165, 1.54) is 4.90 Å². The summed E-state index contributed by atoms with van der Waals surface area (Å²) in [4.78, 5) is 1.27. The van der Waals surface area contributed by atoms with Gasteiger partial charge in [-0.15, -0.1) is 11.6 Å². The van der Waals surface area contributed by atoms with E-state index < -0.39 is 0 Å². The van der Waals surface area contributed by atoms with E-state index in [-0.39, 0.29) is 0 Å². The Hall–Kier alpha value is -0.400. The lowest BCUT2D eigenvalue weighted by molar-refractivity contribution is 1.24. The third-order valence-electron chi connectivity index (χ3n) is 1.32. The van der Waals surface area contributed by atoms with Crippen molar-refractivity contribution in [1.82, 2.24) is 0 Å². The number of benzene rings is 1. The molecule has 0 nitrogen and oxygen atoms in total. The van der Waals surface area contributed by atoms with Crippen molar-refractivity contribution in [2.45, 2.75) is 11.3 Å². The molecule has 12 heavy (non-hydrogen) atoms. The van der Waals surface area contributed by atoms with Crippen molar-refractivity contribution in [1.29, 1.82) is 0 Å². The van der Waals surface area contributed by atoms with Crippen LogP contribution in [0.2, 0.25) is 0 Å². The molecule has 0 saturated carbocycles. The SMILES string of the molecule is ClCC/C=C/Sc1ccccc1. The summed E-state index contributed by atoms with van der Waals surface area (Å²) in [6.07, 6.45) is 3.03.